The fourth-order valence-corrected chi connectivity index (χ4v) is 2.59. The molecule has 1 saturated carbocycles. The number of rotatable bonds is 2. The van der Waals surface area contributed by atoms with Crippen LogP contribution in [-0.2, 0) is 0 Å². The molecule has 5 nitrogen and oxygen atoms in total. The minimum absolute atomic E-state index is 0.231. The number of hydrogen-bond acceptors (Lipinski definition) is 2. The first-order valence-corrected chi connectivity index (χ1v) is 7.08. The summed E-state index contributed by atoms with van der Waals surface area (Å²) in [5, 5.41) is 3.74. The van der Waals surface area contributed by atoms with E-state index in [0.717, 1.165) is 6.42 Å². The summed E-state index contributed by atoms with van der Waals surface area (Å²) < 4.78 is 0. The van der Waals surface area contributed by atoms with E-state index in [1.54, 1.807) is 18.3 Å². The van der Waals surface area contributed by atoms with Gasteiger partial charge < -0.3 is 10.3 Å². The van der Waals surface area contributed by atoms with Gasteiger partial charge in [-0.1, -0.05) is 19.8 Å². The molecule has 2 atom stereocenters. The smallest absolute Gasteiger partial charge is 0.286 e. The highest BCUT2D eigenvalue weighted by molar-refractivity contribution is 7.80. The number of aromatic nitrogens is 1. The van der Waals surface area contributed by atoms with Crippen LogP contribution in [0.25, 0.3) is 0 Å². The number of carbonyl (C=O) groups is 1. The van der Waals surface area contributed by atoms with Crippen LogP contribution in [0.2, 0.25) is 0 Å². The maximum Gasteiger partial charge on any atom is 0.286 e. The van der Waals surface area contributed by atoms with Crippen molar-refractivity contribution < 1.29 is 4.79 Å². The van der Waals surface area contributed by atoms with Gasteiger partial charge in [0.1, 0.15) is 5.69 Å². The second-order valence-electron chi connectivity index (χ2n) is 5.00. The van der Waals surface area contributed by atoms with Crippen molar-refractivity contribution in [1.82, 2.24) is 21.2 Å². The van der Waals surface area contributed by atoms with Gasteiger partial charge in [-0.15, -0.1) is 0 Å². The minimum Gasteiger partial charge on any atom is -0.358 e. The van der Waals surface area contributed by atoms with Crippen molar-refractivity contribution in [2.24, 2.45) is 5.92 Å². The summed E-state index contributed by atoms with van der Waals surface area (Å²) >= 11 is 5.19. The number of aromatic amines is 1. The fraction of sp³-hybridized carbons (Fsp3) is 0.538. The molecule has 4 N–H and O–H groups in total. The van der Waals surface area contributed by atoms with Gasteiger partial charge in [0.05, 0.1) is 0 Å². The first kappa shape index (κ1) is 13.9. The molecule has 0 radical (unpaired) electrons. The van der Waals surface area contributed by atoms with E-state index in [0.29, 0.717) is 22.8 Å². The van der Waals surface area contributed by atoms with E-state index in [1.807, 2.05) is 0 Å². The maximum absolute atomic E-state index is 11.7. The van der Waals surface area contributed by atoms with Crippen LogP contribution in [0, 0.1) is 5.92 Å². The maximum atomic E-state index is 11.7. The van der Waals surface area contributed by atoms with Crippen molar-refractivity contribution in [2.75, 3.05) is 0 Å². The topological polar surface area (TPSA) is 68.9 Å². The molecular formula is C13H20N4OS. The number of hydrogen-bond donors (Lipinski definition) is 4. The molecule has 1 aromatic rings. The Morgan fingerprint density at radius 3 is 2.84 bits per heavy atom. The molecule has 0 bridgehead atoms. The number of hydrazine groups is 1. The SMILES string of the molecule is C[C@@H]1CCCC[C@H]1NC(=S)NNC(=O)c1ccc[nH]1. The molecule has 104 valence electrons. The molecule has 0 saturated heterocycles. The number of carbonyl (C=O) groups excluding carboxylic acids is 1. The highest BCUT2D eigenvalue weighted by atomic mass is 32.1. The van der Waals surface area contributed by atoms with Gasteiger partial charge in [-0.25, -0.2) is 0 Å². The second kappa shape index (κ2) is 6.56. The molecule has 0 aromatic carbocycles. The van der Waals surface area contributed by atoms with Crippen LogP contribution in [0.1, 0.15) is 43.1 Å². The molecule has 19 heavy (non-hydrogen) atoms. The van der Waals surface area contributed by atoms with Gasteiger partial charge in [0.25, 0.3) is 5.91 Å². The number of amides is 1. The molecule has 1 fully saturated rings. The Morgan fingerprint density at radius 1 is 1.37 bits per heavy atom. The van der Waals surface area contributed by atoms with E-state index in [4.69, 9.17) is 12.2 Å². The van der Waals surface area contributed by atoms with Gasteiger partial charge >= 0.3 is 0 Å². The molecule has 0 unspecified atom stereocenters. The lowest BCUT2D eigenvalue weighted by Crippen LogP contribution is -2.51. The summed E-state index contributed by atoms with van der Waals surface area (Å²) in [6.45, 7) is 2.23. The molecule has 1 aliphatic rings. The van der Waals surface area contributed by atoms with Gasteiger partial charge in [-0.2, -0.15) is 0 Å². The predicted octanol–water partition coefficient (Wildman–Crippen LogP) is 1.70. The van der Waals surface area contributed by atoms with Crippen molar-refractivity contribution in [3.05, 3.63) is 24.0 Å². The first-order valence-electron chi connectivity index (χ1n) is 6.67. The minimum atomic E-state index is -0.231. The Bertz CT molecular complexity index is 432. The number of thiocarbonyl (C=S) groups is 1. The highest BCUT2D eigenvalue weighted by Gasteiger charge is 2.21. The summed E-state index contributed by atoms with van der Waals surface area (Å²) in [5.74, 6) is 0.387. The second-order valence-corrected chi connectivity index (χ2v) is 5.41. The molecule has 1 heterocycles. The Morgan fingerprint density at radius 2 is 2.16 bits per heavy atom. The molecule has 1 amide bonds. The number of nitrogens with one attached hydrogen (secondary N) is 4. The Hall–Kier alpha value is -1.56. The first-order chi connectivity index (χ1) is 9.16. The van der Waals surface area contributed by atoms with Crippen LogP contribution < -0.4 is 16.2 Å². The van der Waals surface area contributed by atoms with Crippen molar-refractivity contribution in [3.8, 4) is 0 Å². The normalized spacial score (nSPS) is 22.6. The van der Waals surface area contributed by atoms with Crippen molar-refractivity contribution in [1.29, 1.82) is 0 Å². The average molecular weight is 280 g/mol. The molecule has 1 aliphatic carbocycles. The Labute approximate surface area is 118 Å². The standard InChI is InChI=1S/C13H20N4OS/c1-9-5-2-3-6-10(9)15-13(19)17-16-12(18)11-7-4-8-14-11/h4,7-10,14H,2-3,5-6H2,1H3,(H,16,18)(H2,15,17,19)/t9-,10-/m1/s1. The Kier molecular flexibility index (Phi) is 4.79. The summed E-state index contributed by atoms with van der Waals surface area (Å²) in [5.41, 5.74) is 5.81. The van der Waals surface area contributed by atoms with Crippen molar-refractivity contribution in [3.63, 3.8) is 0 Å². The van der Waals surface area contributed by atoms with Gasteiger partial charge in [-0.05, 0) is 43.1 Å². The van der Waals surface area contributed by atoms with Gasteiger partial charge in [0.15, 0.2) is 5.11 Å². The van der Waals surface area contributed by atoms with Crippen LogP contribution in [0.3, 0.4) is 0 Å². The lowest BCUT2D eigenvalue weighted by atomic mass is 9.86. The highest BCUT2D eigenvalue weighted by Crippen LogP contribution is 2.23. The van der Waals surface area contributed by atoms with Gasteiger partial charge in [0.2, 0.25) is 0 Å². The van der Waals surface area contributed by atoms with Gasteiger partial charge in [-0.3, -0.25) is 15.6 Å². The van der Waals surface area contributed by atoms with Gasteiger partial charge in [0, 0.05) is 12.2 Å². The molecule has 0 aliphatic heterocycles. The van der Waals surface area contributed by atoms with Crippen LogP contribution in [0.4, 0.5) is 0 Å². The zero-order chi connectivity index (χ0) is 13.7. The number of H-pyrrole nitrogens is 1. The van der Waals surface area contributed by atoms with E-state index in [2.05, 4.69) is 28.1 Å². The molecular weight excluding hydrogens is 260 g/mol. The van der Waals surface area contributed by atoms with Crippen LogP contribution in [0.5, 0.6) is 0 Å². The monoisotopic (exact) mass is 280 g/mol. The third-order valence-electron chi connectivity index (χ3n) is 3.56. The summed E-state index contributed by atoms with van der Waals surface area (Å²) in [4.78, 5) is 14.5. The molecule has 1 aromatic heterocycles. The van der Waals surface area contributed by atoms with Crippen LogP contribution in [0.15, 0.2) is 18.3 Å². The summed E-state index contributed by atoms with van der Waals surface area (Å²) in [7, 11) is 0. The quantitative estimate of drug-likeness (QED) is 0.492. The zero-order valence-electron chi connectivity index (χ0n) is 11.0. The van der Waals surface area contributed by atoms with E-state index >= 15 is 0 Å². The zero-order valence-corrected chi connectivity index (χ0v) is 11.8. The van der Waals surface area contributed by atoms with E-state index < -0.39 is 0 Å². The van der Waals surface area contributed by atoms with Crippen molar-refractivity contribution in [2.45, 2.75) is 38.6 Å². The van der Waals surface area contributed by atoms with E-state index in [9.17, 15) is 4.79 Å². The predicted molar refractivity (Wildman–Crippen MR) is 78.5 cm³/mol. The Balaban J connectivity index is 1.74. The fourth-order valence-electron chi connectivity index (χ4n) is 2.39. The van der Waals surface area contributed by atoms with Crippen molar-refractivity contribution >= 4 is 23.2 Å². The average Bonchev–Trinajstić information content (AvgIpc) is 2.93. The van der Waals surface area contributed by atoms with E-state index in [1.165, 1.54) is 19.3 Å². The van der Waals surface area contributed by atoms with Crippen LogP contribution >= 0.6 is 12.2 Å². The van der Waals surface area contributed by atoms with E-state index in [-0.39, 0.29) is 5.91 Å². The summed E-state index contributed by atoms with van der Waals surface area (Å²) in [6, 6.07) is 3.88. The lowest BCUT2D eigenvalue weighted by molar-refractivity contribution is 0.0939. The third kappa shape index (κ3) is 3.96. The summed E-state index contributed by atoms with van der Waals surface area (Å²) in [6.07, 6.45) is 6.60. The largest absolute Gasteiger partial charge is 0.358 e. The molecule has 2 rings (SSSR count). The molecule has 6 heteroatoms. The molecule has 0 spiro atoms. The van der Waals surface area contributed by atoms with Crippen LogP contribution in [-0.4, -0.2) is 22.0 Å². The third-order valence-corrected chi connectivity index (χ3v) is 3.78. The lowest BCUT2D eigenvalue weighted by Gasteiger charge is -2.30.